The minimum atomic E-state index is -0.720. The van der Waals surface area contributed by atoms with Gasteiger partial charge in [-0.2, -0.15) is 4.98 Å². The van der Waals surface area contributed by atoms with Crippen LogP contribution < -0.4 is 4.90 Å². The maximum absolute atomic E-state index is 10.9. The number of nitrogens with zero attached hydrogens (tertiary/aromatic N) is 3. The molecule has 1 N–H and O–H groups in total. The van der Waals surface area contributed by atoms with Gasteiger partial charge in [-0.3, -0.25) is 4.79 Å². The Balaban J connectivity index is 1.71. The normalized spacial score (nSPS) is 16.3. The molecule has 0 saturated carbocycles. The first-order valence-electron chi connectivity index (χ1n) is 6.61. The Morgan fingerprint density at radius 3 is 2.60 bits per heavy atom. The number of benzene rings is 1. The van der Waals surface area contributed by atoms with Gasteiger partial charge in [-0.1, -0.05) is 18.2 Å². The van der Waals surface area contributed by atoms with E-state index in [2.05, 4.69) is 10.1 Å². The molecule has 0 unspecified atom stereocenters. The molecule has 2 aromatic rings. The fraction of sp³-hybridized carbons (Fsp3) is 0.357. The number of hydrogen-bond donors (Lipinski definition) is 1. The van der Waals surface area contributed by atoms with Crippen molar-refractivity contribution in [1.82, 2.24) is 10.1 Å². The third-order valence-corrected chi connectivity index (χ3v) is 3.56. The molecule has 2 heterocycles. The van der Waals surface area contributed by atoms with Crippen LogP contribution in [0, 0.1) is 5.92 Å². The van der Waals surface area contributed by atoms with Crippen LogP contribution in [0.2, 0.25) is 0 Å². The fourth-order valence-corrected chi connectivity index (χ4v) is 2.37. The zero-order chi connectivity index (χ0) is 13.9. The average molecular weight is 273 g/mol. The second kappa shape index (κ2) is 5.32. The van der Waals surface area contributed by atoms with Crippen LogP contribution in [-0.2, 0) is 4.79 Å². The summed E-state index contributed by atoms with van der Waals surface area (Å²) < 4.78 is 5.26. The van der Waals surface area contributed by atoms with Crippen molar-refractivity contribution in [2.45, 2.75) is 12.8 Å². The number of carboxylic acids is 1. The molecule has 20 heavy (non-hydrogen) atoms. The van der Waals surface area contributed by atoms with E-state index in [0.717, 1.165) is 5.56 Å². The van der Waals surface area contributed by atoms with E-state index < -0.39 is 5.97 Å². The summed E-state index contributed by atoms with van der Waals surface area (Å²) in [5.74, 6) is 0.0446. The first-order chi connectivity index (χ1) is 9.74. The molecular formula is C14H15N3O3. The molecule has 1 aliphatic rings. The van der Waals surface area contributed by atoms with Gasteiger partial charge in [-0.05, 0) is 30.1 Å². The van der Waals surface area contributed by atoms with E-state index in [9.17, 15) is 4.79 Å². The minimum absolute atomic E-state index is 0.258. The highest BCUT2D eigenvalue weighted by atomic mass is 16.5. The Morgan fingerprint density at radius 2 is 1.95 bits per heavy atom. The summed E-state index contributed by atoms with van der Waals surface area (Å²) in [5, 5.41) is 13.0. The molecule has 0 aliphatic carbocycles. The van der Waals surface area contributed by atoms with Crippen molar-refractivity contribution < 1.29 is 14.4 Å². The van der Waals surface area contributed by atoms with E-state index >= 15 is 0 Å². The molecule has 0 amide bonds. The Bertz CT molecular complexity index is 589. The number of carbonyl (C=O) groups is 1. The van der Waals surface area contributed by atoms with Gasteiger partial charge in [0.05, 0.1) is 5.92 Å². The monoisotopic (exact) mass is 273 g/mol. The van der Waals surface area contributed by atoms with Crippen LogP contribution in [0.5, 0.6) is 0 Å². The Hall–Kier alpha value is -2.37. The summed E-state index contributed by atoms with van der Waals surface area (Å²) in [6, 6.07) is 9.58. The molecule has 1 saturated heterocycles. The summed E-state index contributed by atoms with van der Waals surface area (Å²) in [7, 11) is 0. The zero-order valence-corrected chi connectivity index (χ0v) is 10.9. The predicted octanol–water partition coefficient (Wildman–Crippen LogP) is 2.04. The summed E-state index contributed by atoms with van der Waals surface area (Å²) >= 11 is 0. The maximum Gasteiger partial charge on any atom is 0.306 e. The van der Waals surface area contributed by atoms with E-state index in [-0.39, 0.29) is 5.92 Å². The Kier molecular flexibility index (Phi) is 3.37. The lowest BCUT2D eigenvalue weighted by Crippen LogP contribution is -2.36. The molecule has 1 aromatic heterocycles. The van der Waals surface area contributed by atoms with Crippen LogP contribution in [0.15, 0.2) is 34.9 Å². The summed E-state index contributed by atoms with van der Waals surface area (Å²) in [5.41, 5.74) is 0.881. The highest BCUT2D eigenvalue weighted by Gasteiger charge is 2.26. The number of piperidine rings is 1. The van der Waals surface area contributed by atoms with E-state index in [1.165, 1.54) is 0 Å². The van der Waals surface area contributed by atoms with Crippen molar-refractivity contribution in [3.05, 3.63) is 30.3 Å². The second-order valence-corrected chi connectivity index (χ2v) is 4.87. The van der Waals surface area contributed by atoms with Gasteiger partial charge in [0.15, 0.2) is 0 Å². The van der Waals surface area contributed by atoms with Crippen molar-refractivity contribution in [3.8, 4) is 11.5 Å². The fourth-order valence-electron chi connectivity index (χ4n) is 2.37. The molecule has 0 bridgehead atoms. The van der Waals surface area contributed by atoms with Crippen molar-refractivity contribution in [2.75, 3.05) is 18.0 Å². The van der Waals surface area contributed by atoms with Crippen molar-refractivity contribution in [2.24, 2.45) is 5.92 Å². The smallest absolute Gasteiger partial charge is 0.306 e. The van der Waals surface area contributed by atoms with E-state index in [1.54, 1.807) is 0 Å². The molecule has 0 radical (unpaired) electrons. The maximum atomic E-state index is 10.9. The van der Waals surface area contributed by atoms with Crippen LogP contribution in [0.25, 0.3) is 11.5 Å². The Morgan fingerprint density at radius 1 is 1.25 bits per heavy atom. The highest BCUT2D eigenvalue weighted by molar-refractivity contribution is 5.70. The SMILES string of the molecule is O=C(O)C1CCN(c2noc(-c3ccccc3)n2)CC1. The lowest BCUT2D eigenvalue weighted by Gasteiger charge is -2.28. The number of carboxylic acid groups (broad SMARTS) is 1. The molecule has 0 atom stereocenters. The predicted molar refractivity (Wildman–Crippen MR) is 72.3 cm³/mol. The van der Waals surface area contributed by atoms with E-state index in [0.29, 0.717) is 37.8 Å². The lowest BCUT2D eigenvalue weighted by atomic mass is 9.97. The molecule has 3 rings (SSSR count). The van der Waals surface area contributed by atoms with Crippen LogP contribution in [-0.4, -0.2) is 34.3 Å². The minimum Gasteiger partial charge on any atom is -0.481 e. The number of hydrogen-bond acceptors (Lipinski definition) is 5. The molecular weight excluding hydrogens is 258 g/mol. The van der Waals surface area contributed by atoms with Gasteiger partial charge in [-0.25, -0.2) is 0 Å². The average Bonchev–Trinajstić information content (AvgIpc) is 2.98. The largest absolute Gasteiger partial charge is 0.481 e. The third-order valence-electron chi connectivity index (χ3n) is 3.56. The molecule has 104 valence electrons. The molecule has 1 aliphatic heterocycles. The van der Waals surface area contributed by atoms with E-state index in [4.69, 9.17) is 9.63 Å². The first kappa shape index (κ1) is 12.7. The zero-order valence-electron chi connectivity index (χ0n) is 10.9. The summed E-state index contributed by atoms with van der Waals surface area (Å²) in [4.78, 5) is 17.3. The van der Waals surface area contributed by atoms with Gasteiger partial charge < -0.3 is 14.5 Å². The molecule has 1 fully saturated rings. The standard InChI is InChI=1S/C14H15N3O3/c18-13(19)11-6-8-17(9-7-11)14-15-12(20-16-14)10-4-2-1-3-5-10/h1-5,11H,6-9H2,(H,18,19). The number of rotatable bonds is 3. The Labute approximate surface area is 116 Å². The van der Waals surface area contributed by atoms with Crippen LogP contribution in [0.4, 0.5) is 5.95 Å². The van der Waals surface area contributed by atoms with Crippen LogP contribution in [0.1, 0.15) is 12.8 Å². The van der Waals surface area contributed by atoms with Gasteiger partial charge in [0.25, 0.3) is 11.8 Å². The summed E-state index contributed by atoms with van der Waals surface area (Å²) in [6.07, 6.45) is 1.23. The summed E-state index contributed by atoms with van der Waals surface area (Å²) in [6.45, 7) is 1.29. The van der Waals surface area contributed by atoms with Crippen LogP contribution in [0.3, 0.4) is 0 Å². The van der Waals surface area contributed by atoms with E-state index in [1.807, 2.05) is 35.2 Å². The van der Waals surface area contributed by atoms with Gasteiger partial charge in [0, 0.05) is 18.7 Å². The number of aliphatic carboxylic acids is 1. The van der Waals surface area contributed by atoms with Gasteiger partial charge in [-0.15, -0.1) is 0 Å². The van der Waals surface area contributed by atoms with Crippen molar-refractivity contribution >= 4 is 11.9 Å². The van der Waals surface area contributed by atoms with Crippen molar-refractivity contribution in [1.29, 1.82) is 0 Å². The topological polar surface area (TPSA) is 79.5 Å². The number of aromatic nitrogens is 2. The quantitative estimate of drug-likeness (QED) is 0.921. The first-order valence-corrected chi connectivity index (χ1v) is 6.61. The van der Waals surface area contributed by atoms with Gasteiger partial charge in [0.1, 0.15) is 0 Å². The van der Waals surface area contributed by atoms with Gasteiger partial charge >= 0.3 is 5.97 Å². The van der Waals surface area contributed by atoms with Crippen molar-refractivity contribution in [3.63, 3.8) is 0 Å². The third kappa shape index (κ3) is 2.49. The lowest BCUT2D eigenvalue weighted by molar-refractivity contribution is -0.142. The molecule has 1 aromatic carbocycles. The molecule has 6 nitrogen and oxygen atoms in total. The van der Waals surface area contributed by atoms with Crippen LogP contribution >= 0.6 is 0 Å². The molecule has 0 spiro atoms. The van der Waals surface area contributed by atoms with Gasteiger partial charge in [0.2, 0.25) is 0 Å². The highest BCUT2D eigenvalue weighted by Crippen LogP contribution is 2.24. The molecule has 6 heteroatoms. The second-order valence-electron chi connectivity index (χ2n) is 4.87. The number of anilines is 1.